The van der Waals surface area contributed by atoms with Crippen LogP contribution in [0.1, 0.15) is 34.8 Å². The molecule has 0 radical (unpaired) electrons. The molecule has 0 atom stereocenters. The van der Waals surface area contributed by atoms with Crippen molar-refractivity contribution in [2.75, 3.05) is 4.90 Å². The first-order valence-corrected chi connectivity index (χ1v) is 9.74. The van der Waals surface area contributed by atoms with Gasteiger partial charge in [0, 0.05) is 17.5 Å². The molecule has 3 aromatic rings. The Kier molecular flexibility index (Phi) is 5.44. The fraction of sp³-hybridized carbons (Fsp3) is 0.120. The maximum Gasteiger partial charge on any atom is 0.294 e. The Hall–Kier alpha value is -3.73. The van der Waals surface area contributed by atoms with E-state index in [2.05, 4.69) is 0 Å². The van der Waals surface area contributed by atoms with Gasteiger partial charge in [-0.15, -0.1) is 0 Å². The summed E-state index contributed by atoms with van der Waals surface area (Å²) in [4.78, 5) is 26.5. The lowest BCUT2D eigenvalue weighted by Crippen LogP contribution is -2.37. The first-order chi connectivity index (χ1) is 14.6. The number of carbonyl (C=O) groups excluding carboxylic acids is 2. The van der Waals surface area contributed by atoms with Gasteiger partial charge in [0.2, 0.25) is 0 Å². The lowest BCUT2D eigenvalue weighted by atomic mass is 10.1. The Morgan fingerprint density at radius 2 is 1.70 bits per heavy atom. The molecule has 4 nitrogen and oxygen atoms in total. The van der Waals surface area contributed by atoms with Crippen LogP contribution in [0.25, 0.3) is 6.08 Å². The molecule has 0 unspecified atom stereocenters. The van der Waals surface area contributed by atoms with Gasteiger partial charge in [0.05, 0.1) is 12.2 Å². The zero-order chi connectivity index (χ0) is 21.1. The maximum absolute atomic E-state index is 14.2. The summed E-state index contributed by atoms with van der Waals surface area (Å²) in [7, 11) is 0. The molecule has 4 rings (SSSR count). The van der Waals surface area contributed by atoms with Crippen molar-refractivity contribution in [3.63, 3.8) is 0 Å². The molecule has 0 fully saturated rings. The molecule has 1 aliphatic heterocycles. The SMILES string of the molecule is CCC(=O)c1ccc(/C=C2\Oc3ccccc3N(Cc3ccccc3F)C2=O)cc1. The third-order valence-corrected chi connectivity index (χ3v) is 4.97. The van der Waals surface area contributed by atoms with Crippen molar-refractivity contribution < 1.29 is 18.7 Å². The number of Topliss-reactive ketones (excluding diaryl/α,β-unsaturated/α-hetero) is 1. The van der Waals surface area contributed by atoms with E-state index in [1.807, 2.05) is 19.1 Å². The van der Waals surface area contributed by atoms with Gasteiger partial charge in [0.1, 0.15) is 5.82 Å². The highest BCUT2D eigenvalue weighted by Crippen LogP contribution is 2.36. The summed E-state index contributed by atoms with van der Waals surface area (Å²) in [6.07, 6.45) is 2.07. The lowest BCUT2D eigenvalue weighted by molar-refractivity contribution is -0.117. The van der Waals surface area contributed by atoms with Gasteiger partial charge in [-0.2, -0.15) is 0 Å². The summed E-state index contributed by atoms with van der Waals surface area (Å²) < 4.78 is 20.1. The van der Waals surface area contributed by atoms with Gasteiger partial charge in [-0.1, -0.05) is 61.5 Å². The van der Waals surface area contributed by atoms with Crippen molar-refractivity contribution in [1.29, 1.82) is 0 Å². The molecule has 0 bridgehead atoms. The van der Waals surface area contributed by atoms with E-state index in [4.69, 9.17) is 4.74 Å². The Balaban J connectivity index is 1.69. The van der Waals surface area contributed by atoms with E-state index >= 15 is 0 Å². The quantitative estimate of drug-likeness (QED) is 0.426. The fourth-order valence-electron chi connectivity index (χ4n) is 3.34. The van der Waals surface area contributed by atoms with Crippen molar-refractivity contribution in [1.82, 2.24) is 0 Å². The van der Waals surface area contributed by atoms with Crippen molar-refractivity contribution in [3.05, 3.63) is 101 Å². The molecular formula is C25H20FNO3. The molecule has 1 heterocycles. The van der Waals surface area contributed by atoms with Gasteiger partial charge in [0.25, 0.3) is 5.91 Å². The van der Waals surface area contributed by atoms with Gasteiger partial charge in [-0.25, -0.2) is 4.39 Å². The summed E-state index contributed by atoms with van der Waals surface area (Å²) in [5, 5.41) is 0. The molecule has 0 saturated carbocycles. The lowest BCUT2D eigenvalue weighted by Gasteiger charge is -2.30. The highest BCUT2D eigenvalue weighted by molar-refractivity contribution is 6.09. The second-order valence-corrected chi connectivity index (χ2v) is 6.96. The van der Waals surface area contributed by atoms with Gasteiger partial charge in [-0.3, -0.25) is 14.5 Å². The van der Waals surface area contributed by atoms with Crippen LogP contribution in [0.15, 0.2) is 78.6 Å². The fourth-order valence-corrected chi connectivity index (χ4v) is 3.34. The largest absolute Gasteiger partial charge is 0.449 e. The number of rotatable bonds is 5. The van der Waals surface area contributed by atoms with Crippen LogP contribution in [0, 0.1) is 5.82 Å². The summed E-state index contributed by atoms with van der Waals surface area (Å²) >= 11 is 0. The monoisotopic (exact) mass is 401 g/mol. The van der Waals surface area contributed by atoms with E-state index in [-0.39, 0.29) is 29.8 Å². The molecule has 3 aromatic carbocycles. The minimum absolute atomic E-state index is 0.0594. The first-order valence-electron chi connectivity index (χ1n) is 9.74. The number of ether oxygens (including phenoxy) is 1. The number of amides is 1. The van der Waals surface area contributed by atoms with E-state index in [0.717, 1.165) is 5.56 Å². The Morgan fingerprint density at radius 1 is 1.00 bits per heavy atom. The van der Waals surface area contributed by atoms with Gasteiger partial charge in [0.15, 0.2) is 17.3 Å². The number of carbonyl (C=O) groups is 2. The third kappa shape index (κ3) is 3.87. The predicted molar refractivity (Wildman–Crippen MR) is 114 cm³/mol. The maximum atomic E-state index is 14.2. The summed E-state index contributed by atoms with van der Waals surface area (Å²) in [6.45, 7) is 1.90. The van der Waals surface area contributed by atoms with Crippen LogP contribution in [0.3, 0.4) is 0 Å². The van der Waals surface area contributed by atoms with Crippen molar-refractivity contribution in [2.24, 2.45) is 0 Å². The molecule has 5 heteroatoms. The molecule has 1 amide bonds. The van der Waals surface area contributed by atoms with Crippen LogP contribution in [-0.4, -0.2) is 11.7 Å². The van der Waals surface area contributed by atoms with Crippen LogP contribution >= 0.6 is 0 Å². The molecule has 0 saturated heterocycles. The normalized spacial score (nSPS) is 14.4. The highest BCUT2D eigenvalue weighted by atomic mass is 19.1. The number of ketones is 1. The number of nitrogens with zero attached hydrogens (tertiary/aromatic N) is 1. The number of anilines is 1. The molecule has 0 spiro atoms. The van der Waals surface area contributed by atoms with Crippen molar-refractivity contribution in [3.8, 4) is 5.75 Å². The standard InChI is InChI=1S/C25H20FNO3/c1-2-22(28)18-13-11-17(12-14-18)15-24-25(29)27(16-19-7-3-4-8-20(19)26)21-9-5-6-10-23(21)30-24/h3-15H,2,16H2,1H3/b24-15-. The summed E-state index contributed by atoms with van der Waals surface area (Å²) in [5.41, 5.74) is 2.37. The Morgan fingerprint density at radius 3 is 2.43 bits per heavy atom. The van der Waals surface area contributed by atoms with Crippen LogP contribution < -0.4 is 9.64 Å². The molecule has 0 aliphatic carbocycles. The summed E-state index contributed by atoms with van der Waals surface area (Å²) in [6, 6.07) is 20.6. The predicted octanol–water partition coefficient (Wildman–Crippen LogP) is 5.39. The zero-order valence-electron chi connectivity index (χ0n) is 16.5. The average Bonchev–Trinajstić information content (AvgIpc) is 2.78. The summed E-state index contributed by atoms with van der Waals surface area (Å²) in [5.74, 6) is 0.00269. The number of hydrogen-bond acceptors (Lipinski definition) is 3. The smallest absolute Gasteiger partial charge is 0.294 e. The van der Waals surface area contributed by atoms with Crippen LogP contribution in [0.5, 0.6) is 5.75 Å². The number of para-hydroxylation sites is 2. The van der Waals surface area contributed by atoms with E-state index < -0.39 is 0 Å². The van der Waals surface area contributed by atoms with Crippen LogP contribution in [-0.2, 0) is 11.3 Å². The minimum atomic E-state index is -0.365. The van der Waals surface area contributed by atoms with E-state index in [0.29, 0.717) is 29.0 Å². The number of benzene rings is 3. The third-order valence-electron chi connectivity index (χ3n) is 4.97. The molecule has 1 aliphatic rings. The van der Waals surface area contributed by atoms with Crippen LogP contribution in [0.2, 0.25) is 0 Å². The topological polar surface area (TPSA) is 46.6 Å². The average molecular weight is 401 g/mol. The Labute approximate surface area is 174 Å². The minimum Gasteiger partial charge on any atom is -0.449 e. The number of hydrogen-bond donors (Lipinski definition) is 0. The van der Waals surface area contributed by atoms with Gasteiger partial charge < -0.3 is 4.74 Å². The molecule has 0 aromatic heterocycles. The Bertz CT molecular complexity index is 1140. The molecule has 150 valence electrons. The number of fused-ring (bicyclic) bond motifs is 1. The van der Waals surface area contributed by atoms with Crippen molar-refractivity contribution in [2.45, 2.75) is 19.9 Å². The van der Waals surface area contributed by atoms with Gasteiger partial charge >= 0.3 is 0 Å². The van der Waals surface area contributed by atoms with E-state index in [1.54, 1.807) is 60.7 Å². The first kappa shape index (κ1) is 19.6. The van der Waals surface area contributed by atoms with E-state index in [9.17, 15) is 14.0 Å². The van der Waals surface area contributed by atoms with E-state index in [1.165, 1.54) is 11.0 Å². The van der Waals surface area contributed by atoms with Crippen LogP contribution in [0.4, 0.5) is 10.1 Å². The highest BCUT2D eigenvalue weighted by Gasteiger charge is 2.30. The zero-order valence-corrected chi connectivity index (χ0v) is 16.5. The second-order valence-electron chi connectivity index (χ2n) is 6.96. The van der Waals surface area contributed by atoms with Crippen molar-refractivity contribution >= 4 is 23.5 Å². The molecular weight excluding hydrogens is 381 g/mol. The number of halogens is 1. The molecule has 0 N–H and O–H groups in total. The molecule has 30 heavy (non-hydrogen) atoms. The second kappa shape index (κ2) is 8.33. The van der Waals surface area contributed by atoms with Gasteiger partial charge in [-0.05, 0) is 29.8 Å².